The molecule has 240 valence electrons. The number of hydrogen-bond acceptors (Lipinski definition) is 10. The van der Waals surface area contributed by atoms with Crippen LogP contribution in [0, 0.1) is 11.8 Å². The van der Waals surface area contributed by atoms with Gasteiger partial charge in [0.1, 0.15) is 0 Å². The number of nitrogens with one attached hydrogen (secondary N) is 3. The van der Waals surface area contributed by atoms with Crippen molar-refractivity contribution in [1.29, 1.82) is 0 Å². The minimum absolute atomic E-state index is 0.0168. The lowest BCUT2D eigenvalue weighted by molar-refractivity contribution is -0.121. The van der Waals surface area contributed by atoms with Crippen LogP contribution in [0.1, 0.15) is 51.7 Å². The van der Waals surface area contributed by atoms with Crippen molar-refractivity contribution < 1.29 is 26.4 Å². The molecule has 2 amide bonds. The first-order valence-corrected chi connectivity index (χ1v) is 17.4. The molecular weight excluding hydrogens is 604 g/mol. The van der Waals surface area contributed by atoms with Crippen LogP contribution >= 0.6 is 0 Å². The van der Waals surface area contributed by atoms with Gasteiger partial charge in [-0.2, -0.15) is 0 Å². The fraction of sp³-hybridized carbons (Fsp3) is 0.433. The molecule has 1 aromatic heterocycles. The molecule has 0 saturated heterocycles. The molecule has 1 aliphatic rings. The standard InChI is InChI=1S/C15H23N3O3S.C15H19N3O3S/c2*1-10(2)8-13(16)15(19)18-22(20,21)14-5-3-4-11-6-7-17-9-12(11)14/h3-5,10,13,17H,6-9,16H2,1-2H3,(H,18,19);3-7,9-10,13H,8,16H2,1-2H3,(H,18,19)/t2*13-/m00/s1. The number of benzene rings is 2. The van der Waals surface area contributed by atoms with Gasteiger partial charge in [0.05, 0.1) is 21.9 Å². The van der Waals surface area contributed by atoms with E-state index in [-0.39, 0.29) is 21.6 Å². The van der Waals surface area contributed by atoms with Crippen molar-refractivity contribution in [3.8, 4) is 0 Å². The van der Waals surface area contributed by atoms with Crippen molar-refractivity contribution in [3.05, 3.63) is 66.0 Å². The number of pyridine rings is 1. The Labute approximate surface area is 259 Å². The number of carbonyl (C=O) groups is 2. The maximum atomic E-state index is 12.5. The average molecular weight is 647 g/mol. The van der Waals surface area contributed by atoms with Gasteiger partial charge in [-0.1, -0.05) is 52.0 Å². The van der Waals surface area contributed by atoms with E-state index in [2.05, 4.69) is 19.7 Å². The SMILES string of the molecule is CC(C)C[C@H](N)C(=O)NS(=O)(=O)c1cccc2c1CNCC2.CC(C)C[C@H](N)C(=O)NS(=O)(=O)c1cccc2ccncc12. The molecule has 2 atom stereocenters. The highest BCUT2D eigenvalue weighted by molar-refractivity contribution is 7.90. The summed E-state index contributed by atoms with van der Waals surface area (Å²) in [5, 5.41) is 4.35. The number of amides is 2. The maximum Gasteiger partial charge on any atom is 0.264 e. The highest BCUT2D eigenvalue weighted by Crippen LogP contribution is 2.23. The normalized spacial score (nSPS) is 14.7. The molecule has 0 unspecified atom stereocenters. The summed E-state index contributed by atoms with van der Waals surface area (Å²) in [7, 11) is -7.89. The topological polar surface area (TPSA) is 203 Å². The molecule has 2 aromatic carbocycles. The largest absolute Gasteiger partial charge is 0.320 e. The Kier molecular flexibility index (Phi) is 12.0. The maximum absolute atomic E-state index is 12.5. The van der Waals surface area contributed by atoms with E-state index in [0.717, 1.165) is 29.5 Å². The molecule has 44 heavy (non-hydrogen) atoms. The molecule has 0 fully saturated rings. The van der Waals surface area contributed by atoms with E-state index in [4.69, 9.17) is 11.5 Å². The van der Waals surface area contributed by atoms with Crippen molar-refractivity contribution in [2.45, 2.75) is 75.4 Å². The molecule has 12 nitrogen and oxygen atoms in total. The first kappa shape index (κ1) is 35.1. The zero-order valence-electron chi connectivity index (χ0n) is 25.4. The third kappa shape index (κ3) is 9.29. The van der Waals surface area contributed by atoms with Gasteiger partial charge in [-0.05, 0) is 72.4 Å². The van der Waals surface area contributed by atoms with Crippen LogP contribution in [-0.2, 0) is 42.6 Å². The molecule has 1 aliphatic heterocycles. The monoisotopic (exact) mass is 646 g/mol. The van der Waals surface area contributed by atoms with E-state index in [0.29, 0.717) is 24.8 Å². The van der Waals surface area contributed by atoms with Crippen LogP contribution in [0.2, 0.25) is 0 Å². The van der Waals surface area contributed by atoms with Crippen LogP contribution in [0.5, 0.6) is 0 Å². The molecule has 14 heteroatoms. The minimum atomic E-state index is -3.99. The van der Waals surface area contributed by atoms with E-state index in [9.17, 15) is 26.4 Å². The molecule has 0 bridgehead atoms. The van der Waals surface area contributed by atoms with E-state index in [1.165, 1.54) is 18.3 Å². The zero-order valence-corrected chi connectivity index (χ0v) is 27.0. The van der Waals surface area contributed by atoms with Crippen LogP contribution in [0.4, 0.5) is 0 Å². The first-order chi connectivity index (χ1) is 20.6. The molecule has 0 aliphatic carbocycles. The average Bonchev–Trinajstić information content (AvgIpc) is 2.95. The fourth-order valence-electron chi connectivity index (χ4n) is 4.81. The van der Waals surface area contributed by atoms with Crippen LogP contribution in [-0.4, -0.2) is 52.3 Å². The lowest BCUT2D eigenvalue weighted by Gasteiger charge is -2.21. The molecular formula is C30H42N6O6S2. The van der Waals surface area contributed by atoms with Gasteiger partial charge in [-0.25, -0.2) is 26.3 Å². The predicted molar refractivity (Wildman–Crippen MR) is 169 cm³/mol. The number of hydrogen-bond donors (Lipinski definition) is 5. The van der Waals surface area contributed by atoms with Crippen molar-refractivity contribution in [2.24, 2.45) is 23.3 Å². The lowest BCUT2D eigenvalue weighted by Crippen LogP contribution is -2.44. The van der Waals surface area contributed by atoms with Gasteiger partial charge in [-0.3, -0.25) is 14.6 Å². The Bertz CT molecular complexity index is 1690. The Balaban J connectivity index is 0.000000240. The number of aromatic nitrogens is 1. The predicted octanol–water partition coefficient (Wildman–Crippen LogP) is 1.92. The molecule has 4 rings (SSSR count). The van der Waals surface area contributed by atoms with Gasteiger partial charge >= 0.3 is 0 Å². The van der Waals surface area contributed by atoms with Gasteiger partial charge in [0.15, 0.2) is 0 Å². The number of nitrogens with zero attached hydrogens (tertiary/aromatic N) is 1. The lowest BCUT2D eigenvalue weighted by atomic mass is 10.0. The van der Waals surface area contributed by atoms with Crippen molar-refractivity contribution in [2.75, 3.05) is 6.54 Å². The summed E-state index contributed by atoms with van der Waals surface area (Å²) in [6.07, 6.45) is 4.67. The van der Waals surface area contributed by atoms with E-state index in [1.54, 1.807) is 30.5 Å². The molecule has 2 heterocycles. The second-order valence-electron chi connectivity index (χ2n) is 11.6. The van der Waals surface area contributed by atoms with Crippen molar-refractivity contribution >= 4 is 42.6 Å². The highest BCUT2D eigenvalue weighted by atomic mass is 32.2. The third-order valence-electron chi connectivity index (χ3n) is 6.92. The molecule has 0 saturated carbocycles. The summed E-state index contributed by atoms with van der Waals surface area (Å²) in [5.74, 6) is -0.938. The fourth-order valence-corrected chi connectivity index (χ4v) is 7.37. The van der Waals surface area contributed by atoms with Gasteiger partial charge in [0.2, 0.25) is 0 Å². The van der Waals surface area contributed by atoms with E-state index in [1.807, 2.05) is 33.8 Å². The number of sulfonamides is 2. The summed E-state index contributed by atoms with van der Waals surface area (Å²) < 4.78 is 54.0. The summed E-state index contributed by atoms with van der Waals surface area (Å²) in [4.78, 5) is 28.1. The Hall–Kier alpha value is -3.43. The van der Waals surface area contributed by atoms with Gasteiger partial charge in [-0.15, -0.1) is 0 Å². The molecule has 7 N–H and O–H groups in total. The number of carbonyl (C=O) groups excluding carboxylic acids is 2. The van der Waals surface area contributed by atoms with Gasteiger partial charge in [0.25, 0.3) is 31.9 Å². The van der Waals surface area contributed by atoms with Crippen LogP contribution in [0.3, 0.4) is 0 Å². The summed E-state index contributed by atoms with van der Waals surface area (Å²) in [6, 6.07) is 10.0. The number of fused-ring (bicyclic) bond motifs is 2. The number of nitrogens with two attached hydrogens (primary N) is 2. The van der Waals surface area contributed by atoms with Crippen LogP contribution in [0.25, 0.3) is 10.8 Å². The smallest absolute Gasteiger partial charge is 0.264 e. The van der Waals surface area contributed by atoms with Crippen molar-refractivity contribution in [3.63, 3.8) is 0 Å². The van der Waals surface area contributed by atoms with Crippen LogP contribution in [0.15, 0.2) is 64.6 Å². The zero-order chi connectivity index (χ0) is 32.7. The second kappa shape index (κ2) is 15.0. The summed E-state index contributed by atoms with van der Waals surface area (Å²) in [5.41, 5.74) is 13.2. The summed E-state index contributed by atoms with van der Waals surface area (Å²) >= 11 is 0. The molecule has 0 radical (unpaired) electrons. The quantitative estimate of drug-likeness (QED) is 0.216. The van der Waals surface area contributed by atoms with E-state index >= 15 is 0 Å². The number of rotatable bonds is 10. The van der Waals surface area contributed by atoms with Crippen LogP contribution < -0.4 is 26.2 Å². The first-order valence-electron chi connectivity index (χ1n) is 14.4. The Morgan fingerprint density at radius 1 is 0.841 bits per heavy atom. The Morgan fingerprint density at radius 2 is 1.39 bits per heavy atom. The Morgan fingerprint density at radius 3 is 1.98 bits per heavy atom. The summed E-state index contributed by atoms with van der Waals surface area (Å²) in [6.45, 7) is 9.00. The van der Waals surface area contributed by atoms with Crippen molar-refractivity contribution in [1.82, 2.24) is 19.7 Å². The van der Waals surface area contributed by atoms with Gasteiger partial charge in [0, 0.05) is 24.3 Å². The third-order valence-corrected chi connectivity index (χ3v) is 9.76. The van der Waals surface area contributed by atoms with E-state index < -0.39 is 43.9 Å². The van der Waals surface area contributed by atoms with Gasteiger partial charge < -0.3 is 16.8 Å². The molecule has 3 aromatic rings. The highest BCUT2D eigenvalue weighted by Gasteiger charge is 2.27. The minimum Gasteiger partial charge on any atom is -0.320 e. The molecule has 0 spiro atoms. The second-order valence-corrected chi connectivity index (χ2v) is 14.9.